The molecule has 1 aliphatic carbocycles. The topological polar surface area (TPSA) is 42.2 Å². The number of rotatable bonds is 3. The largest absolute Gasteiger partial charge is 0.334 e. The van der Waals surface area contributed by atoms with Crippen LogP contribution in [0.4, 0.5) is 0 Å². The lowest BCUT2D eigenvalue weighted by Crippen LogP contribution is -2.30. The van der Waals surface area contributed by atoms with E-state index >= 15 is 0 Å². The van der Waals surface area contributed by atoms with Crippen LogP contribution in [0.25, 0.3) is 11.5 Å². The fraction of sp³-hybridized carbons (Fsp3) is 0.529. The third kappa shape index (κ3) is 2.72. The molecule has 2 heterocycles. The molecule has 0 amide bonds. The zero-order valence-electron chi connectivity index (χ0n) is 12.5. The van der Waals surface area contributed by atoms with Crippen molar-refractivity contribution in [2.45, 2.75) is 37.5 Å². The second-order valence-electron chi connectivity index (χ2n) is 6.46. The first-order chi connectivity index (χ1) is 10.3. The number of piperidine rings is 1. The van der Waals surface area contributed by atoms with Gasteiger partial charge >= 0.3 is 0 Å². The van der Waals surface area contributed by atoms with Crippen LogP contribution in [-0.4, -0.2) is 35.2 Å². The molecule has 0 N–H and O–H groups in total. The molecule has 4 rings (SSSR count). The van der Waals surface area contributed by atoms with Crippen molar-refractivity contribution in [1.29, 1.82) is 0 Å². The number of hydrogen-bond donors (Lipinski definition) is 0. The Kier molecular flexibility index (Phi) is 3.26. The highest BCUT2D eigenvalue weighted by molar-refractivity contribution is 5.54. The van der Waals surface area contributed by atoms with E-state index in [0.29, 0.717) is 17.7 Å². The van der Waals surface area contributed by atoms with Gasteiger partial charge in [-0.2, -0.15) is 4.98 Å². The lowest BCUT2D eigenvalue weighted by atomic mass is 9.90. The molecule has 1 aromatic heterocycles. The molecule has 0 bridgehead atoms. The summed E-state index contributed by atoms with van der Waals surface area (Å²) in [5, 5.41) is 4.11. The van der Waals surface area contributed by atoms with Crippen LogP contribution in [0.3, 0.4) is 0 Å². The van der Waals surface area contributed by atoms with E-state index in [1.807, 2.05) is 0 Å². The summed E-state index contributed by atoms with van der Waals surface area (Å²) in [5.41, 5.74) is 2.45. The van der Waals surface area contributed by atoms with Gasteiger partial charge in [-0.3, -0.25) is 0 Å². The van der Waals surface area contributed by atoms with Gasteiger partial charge in [-0.25, -0.2) is 0 Å². The van der Waals surface area contributed by atoms with Gasteiger partial charge < -0.3 is 9.42 Å². The van der Waals surface area contributed by atoms with Gasteiger partial charge in [-0.1, -0.05) is 17.3 Å². The number of nitrogens with zero attached hydrogens (tertiary/aromatic N) is 3. The first kappa shape index (κ1) is 13.0. The molecule has 2 aromatic rings. The van der Waals surface area contributed by atoms with Crippen LogP contribution in [0.2, 0.25) is 0 Å². The van der Waals surface area contributed by atoms with Gasteiger partial charge in [0.05, 0.1) is 0 Å². The molecule has 110 valence electrons. The lowest BCUT2D eigenvalue weighted by Gasteiger charge is -2.30. The number of likely N-dealkylation sites (tertiary alicyclic amines) is 1. The minimum atomic E-state index is 0.540. The maximum atomic E-state index is 5.44. The third-order valence-electron chi connectivity index (χ3n) is 4.61. The molecule has 2 fully saturated rings. The molecule has 1 saturated heterocycles. The maximum Gasteiger partial charge on any atom is 0.257 e. The quantitative estimate of drug-likeness (QED) is 0.865. The van der Waals surface area contributed by atoms with Crippen molar-refractivity contribution in [2.75, 3.05) is 20.1 Å². The van der Waals surface area contributed by atoms with Crippen molar-refractivity contribution < 1.29 is 4.52 Å². The van der Waals surface area contributed by atoms with Crippen molar-refractivity contribution in [3.05, 3.63) is 35.7 Å². The van der Waals surface area contributed by atoms with Gasteiger partial charge in [0.15, 0.2) is 5.82 Å². The van der Waals surface area contributed by atoms with Crippen molar-refractivity contribution in [3.63, 3.8) is 0 Å². The minimum absolute atomic E-state index is 0.540. The fourth-order valence-corrected chi connectivity index (χ4v) is 3.22. The van der Waals surface area contributed by atoms with E-state index in [1.165, 1.54) is 37.8 Å². The van der Waals surface area contributed by atoms with Crippen molar-refractivity contribution >= 4 is 0 Å². The van der Waals surface area contributed by atoms with E-state index in [-0.39, 0.29) is 0 Å². The lowest BCUT2D eigenvalue weighted by molar-refractivity contribution is 0.251. The predicted octanol–water partition coefficient (Wildman–Crippen LogP) is 3.42. The summed E-state index contributed by atoms with van der Waals surface area (Å²) in [4.78, 5) is 6.97. The Morgan fingerprint density at radius 3 is 2.90 bits per heavy atom. The zero-order chi connectivity index (χ0) is 14.2. The molecule has 4 nitrogen and oxygen atoms in total. The Labute approximate surface area is 125 Å². The minimum Gasteiger partial charge on any atom is -0.334 e. The van der Waals surface area contributed by atoms with Gasteiger partial charge in [0.2, 0.25) is 0 Å². The van der Waals surface area contributed by atoms with Crippen LogP contribution in [0, 0.1) is 0 Å². The SMILES string of the molecule is CN1CCCC(c2cccc(-c3nc(C4CC4)no3)c2)C1. The smallest absolute Gasteiger partial charge is 0.257 e. The van der Waals surface area contributed by atoms with Gasteiger partial charge in [-0.15, -0.1) is 0 Å². The molecule has 1 aliphatic heterocycles. The van der Waals surface area contributed by atoms with E-state index in [0.717, 1.165) is 17.9 Å². The normalized spacial score (nSPS) is 23.4. The van der Waals surface area contributed by atoms with E-state index in [1.54, 1.807) is 0 Å². The molecule has 1 saturated carbocycles. The molecular weight excluding hydrogens is 262 g/mol. The Morgan fingerprint density at radius 2 is 2.10 bits per heavy atom. The predicted molar refractivity (Wildman–Crippen MR) is 81.2 cm³/mol. The Balaban J connectivity index is 1.59. The van der Waals surface area contributed by atoms with Crippen LogP contribution < -0.4 is 0 Å². The number of aromatic nitrogens is 2. The highest BCUT2D eigenvalue weighted by Gasteiger charge is 2.29. The van der Waals surface area contributed by atoms with Crippen molar-refractivity contribution in [3.8, 4) is 11.5 Å². The highest BCUT2D eigenvalue weighted by Crippen LogP contribution is 2.39. The highest BCUT2D eigenvalue weighted by atomic mass is 16.5. The van der Waals surface area contributed by atoms with Crippen LogP contribution in [0.1, 0.15) is 48.9 Å². The zero-order valence-corrected chi connectivity index (χ0v) is 12.5. The van der Waals surface area contributed by atoms with Crippen LogP contribution >= 0.6 is 0 Å². The van der Waals surface area contributed by atoms with Gasteiger partial charge in [0, 0.05) is 18.0 Å². The molecule has 0 radical (unpaired) electrons. The van der Waals surface area contributed by atoms with Crippen LogP contribution in [-0.2, 0) is 0 Å². The molecule has 21 heavy (non-hydrogen) atoms. The Bertz CT molecular complexity index is 632. The van der Waals surface area contributed by atoms with Gasteiger partial charge in [0.1, 0.15) is 0 Å². The van der Waals surface area contributed by atoms with E-state index in [2.05, 4.69) is 46.4 Å². The molecule has 0 spiro atoms. The summed E-state index contributed by atoms with van der Waals surface area (Å²) in [6.07, 6.45) is 4.95. The summed E-state index contributed by atoms with van der Waals surface area (Å²) < 4.78 is 5.44. The van der Waals surface area contributed by atoms with Gasteiger partial charge in [0.25, 0.3) is 5.89 Å². The summed E-state index contributed by atoms with van der Waals surface area (Å²) >= 11 is 0. The Morgan fingerprint density at radius 1 is 1.19 bits per heavy atom. The molecule has 1 atom stereocenters. The van der Waals surface area contributed by atoms with Gasteiger partial charge in [-0.05, 0) is 62.9 Å². The Hall–Kier alpha value is -1.68. The first-order valence-corrected chi connectivity index (χ1v) is 7.92. The van der Waals surface area contributed by atoms with Crippen LogP contribution in [0.5, 0.6) is 0 Å². The molecule has 2 aliphatic rings. The van der Waals surface area contributed by atoms with E-state index in [4.69, 9.17) is 4.52 Å². The fourth-order valence-electron chi connectivity index (χ4n) is 3.22. The number of benzene rings is 1. The summed E-state index contributed by atoms with van der Waals surface area (Å²) in [6.45, 7) is 2.35. The molecule has 4 heteroatoms. The van der Waals surface area contributed by atoms with E-state index < -0.39 is 0 Å². The third-order valence-corrected chi connectivity index (χ3v) is 4.61. The number of hydrogen-bond acceptors (Lipinski definition) is 4. The summed E-state index contributed by atoms with van der Waals surface area (Å²) in [6, 6.07) is 8.64. The van der Waals surface area contributed by atoms with Crippen molar-refractivity contribution in [2.24, 2.45) is 0 Å². The molecule has 1 unspecified atom stereocenters. The molecular formula is C17H21N3O. The van der Waals surface area contributed by atoms with Crippen molar-refractivity contribution in [1.82, 2.24) is 15.0 Å². The first-order valence-electron chi connectivity index (χ1n) is 7.92. The summed E-state index contributed by atoms with van der Waals surface area (Å²) in [5.74, 6) is 2.71. The number of likely N-dealkylation sites (N-methyl/N-ethyl adjacent to an activating group) is 1. The average molecular weight is 283 g/mol. The van der Waals surface area contributed by atoms with Crippen LogP contribution in [0.15, 0.2) is 28.8 Å². The maximum absolute atomic E-state index is 5.44. The second-order valence-corrected chi connectivity index (χ2v) is 6.46. The monoisotopic (exact) mass is 283 g/mol. The standard InChI is InChI=1S/C17H21N3O/c1-20-9-3-6-15(11-20)13-4-2-5-14(10-13)17-18-16(19-21-17)12-7-8-12/h2,4-5,10,12,15H,3,6-9,11H2,1H3. The molecule has 1 aromatic carbocycles. The van der Waals surface area contributed by atoms with E-state index in [9.17, 15) is 0 Å². The second kappa shape index (κ2) is 5.26. The average Bonchev–Trinajstić information content (AvgIpc) is 3.25. The summed E-state index contributed by atoms with van der Waals surface area (Å²) in [7, 11) is 2.20.